The molecular formula is C25H24Cl2N4O2S. The molecule has 0 aliphatic carbocycles. The third-order valence-electron chi connectivity index (χ3n) is 6.32. The molecule has 176 valence electrons. The second kappa shape index (κ2) is 10.0. The number of likely N-dealkylation sites (tertiary alicyclic amines) is 1. The van der Waals surface area contributed by atoms with Gasteiger partial charge >= 0.3 is 0 Å². The minimum atomic E-state index is -0.0462. The van der Waals surface area contributed by atoms with Crippen LogP contribution in [0.5, 0.6) is 0 Å². The number of thioether (sulfide) groups is 1. The Kier molecular flexibility index (Phi) is 6.86. The van der Waals surface area contributed by atoms with Crippen LogP contribution in [0.3, 0.4) is 0 Å². The molecule has 2 amide bonds. The number of benzene rings is 1. The molecule has 2 aromatic heterocycles. The molecule has 3 aromatic rings. The van der Waals surface area contributed by atoms with E-state index in [0.717, 1.165) is 55.1 Å². The smallest absolute Gasteiger partial charge is 0.258 e. The van der Waals surface area contributed by atoms with Crippen molar-refractivity contribution in [2.24, 2.45) is 5.92 Å². The molecule has 4 heterocycles. The summed E-state index contributed by atoms with van der Waals surface area (Å²) < 4.78 is 2.06. The van der Waals surface area contributed by atoms with Crippen LogP contribution in [0, 0.1) is 5.92 Å². The van der Waals surface area contributed by atoms with Crippen molar-refractivity contribution in [3.63, 3.8) is 0 Å². The van der Waals surface area contributed by atoms with E-state index in [1.807, 2.05) is 29.2 Å². The largest absolute Gasteiger partial charge is 0.352 e. The molecule has 0 atom stereocenters. The first kappa shape index (κ1) is 23.3. The number of aromatic nitrogens is 2. The van der Waals surface area contributed by atoms with E-state index in [1.54, 1.807) is 24.4 Å². The lowest BCUT2D eigenvalue weighted by atomic mass is 9.92. The Bertz CT molecular complexity index is 1260. The number of imidazole rings is 1. The van der Waals surface area contributed by atoms with Crippen molar-refractivity contribution < 1.29 is 9.59 Å². The maximum atomic E-state index is 12.8. The number of carbonyl (C=O) groups is 2. The van der Waals surface area contributed by atoms with E-state index in [0.29, 0.717) is 33.0 Å². The van der Waals surface area contributed by atoms with Gasteiger partial charge < -0.3 is 10.2 Å². The number of amides is 2. The summed E-state index contributed by atoms with van der Waals surface area (Å²) in [5.41, 5.74) is 2.35. The Morgan fingerprint density at radius 1 is 1.12 bits per heavy atom. The van der Waals surface area contributed by atoms with Gasteiger partial charge in [-0.05, 0) is 68.0 Å². The Morgan fingerprint density at radius 3 is 2.65 bits per heavy atom. The lowest BCUT2D eigenvalue weighted by Gasteiger charge is -2.32. The molecule has 5 rings (SSSR count). The van der Waals surface area contributed by atoms with Gasteiger partial charge in [-0.3, -0.25) is 14.0 Å². The Hall–Kier alpha value is -2.48. The van der Waals surface area contributed by atoms with Crippen molar-refractivity contribution in [1.29, 1.82) is 0 Å². The number of nitrogens with one attached hydrogen (secondary N) is 1. The van der Waals surface area contributed by atoms with E-state index in [2.05, 4.69) is 14.7 Å². The zero-order chi connectivity index (χ0) is 23.7. The molecule has 2 aliphatic rings. The summed E-state index contributed by atoms with van der Waals surface area (Å²) in [5, 5.41) is 5.00. The van der Waals surface area contributed by atoms with Crippen molar-refractivity contribution in [2.75, 3.05) is 19.6 Å². The van der Waals surface area contributed by atoms with Crippen molar-refractivity contribution in [1.82, 2.24) is 19.6 Å². The van der Waals surface area contributed by atoms with Crippen molar-refractivity contribution >= 4 is 58.5 Å². The molecule has 0 saturated carbocycles. The number of pyridine rings is 1. The average molecular weight is 515 g/mol. The Labute approximate surface area is 212 Å². The standard InChI is InChI=1S/C25H24Cl2N4O2S/c26-18-11-17(12-19(27)13-18)25(33)30-9-6-16(7-10-30)3-2-8-28-24(32)21-14-20-15-29-22-4-1-5-23(34-21)31(20)22/h1,4-5,11-16H,2-3,6-10H2,(H,28,32). The molecule has 0 radical (unpaired) electrons. The van der Waals surface area contributed by atoms with E-state index < -0.39 is 0 Å². The quantitative estimate of drug-likeness (QED) is 0.438. The van der Waals surface area contributed by atoms with Crippen LogP contribution in [0.25, 0.3) is 11.7 Å². The molecule has 6 nitrogen and oxygen atoms in total. The fourth-order valence-corrected chi connectivity index (χ4v) is 6.10. The third-order valence-corrected chi connectivity index (χ3v) is 7.81. The molecule has 1 saturated heterocycles. The van der Waals surface area contributed by atoms with Gasteiger partial charge in [0.1, 0.15) is 5.65 Å². The van der Waals surface area contributed by atoms with Crippen LogP contribution in [0.15, 0.2) is 52.5 Å². The number of piperidine rings is 1. The first-order valence-corrected chi connectivity index (χ1v) is 12.9. The molecule has 0 unspecified atom stereocenters. The predicted octanol–water partition coefficient (Wildman–Crippen LogP) is 5.54. The zero-order valence-electron chi connectivity index (χ0n) is 18.5. The van der Waals surface area contributed by atoms with Gasteiger partial charge in [0.25, 0.3) is 11.8 Å². The third kappa shape index (κ3) is 4.97. The number of halogens is 2. The van der Waals surface area contributed by atoms with Gasteiger partial charge in [0.15, 0.2) is 0 Å². The highest BCUT2D eigenvalue weighted by atomic mass is 35.5. The number of nitrogens with zero attached hydrogens (tertiary/aromatic N) is 3. The van der Waals surface area contributed by atoms with E-state index in [9.17, 15) is 9.59 Å². The highest BCUT2D eigenvalue weighted by molar-refractivity contribution is 8.04. The number of carbonyl (C=O) groups excluding carboxylic acids is 2. The van der Waals surface area contributed by atoms with Crippen molar-refractivity contribution in [3.8, 4) is 0 Å². The van der Waals surface area contributed by atoms with E-state index in [1.165, 1.54) is 11.8 Å². The van der Waals surface area contributed by atoms with Gasteiger partial charge in [-0.1, -0.05) is 41.0 Å². The molecule has 2 aliphatic heterocycles. The maximum Gasteiger partial charge on any atom is 0.258 e. The summed E-state index contributed by atoms with van der Waals surface area (Å²) in [5.74, 6) is 0.486. The minimum Gasteiger partial charge on any atom is -0.352 e. The number of hydrogen-bond acceptors (Lipinski definition) is 4. The second-order valence-electron chi connectivity index (χ2n) is 8.64. The van der Waals surface area contributed by atoms with Crippen LogP contribution in [0.1, 0.15) is 41.7 Å². The molecule has 1 fully saturated rings. The van der Waals surface area contributed by atoms with Gasteiger partial charge in [0.2, 0.25) is 0 Å². The zero-order valence-corrected chi connectivity index (χ0v) is 20.8. The van der Waals surface area contributed by atoms with Gasteiger partial charge in [-0.25, -0.2) is 4.98 Å². The van der Waals surface area contributed by atoms with E-state index in [4.69, 9.17) is 23.2 Å². The van der Waals surface area contributed by atoms with Crippen LogP contribution in [-0.4, -0.2) is 45.7 Å². The van der Waals surface area contributed by atoms with Crippen molar-refractivity contribution in [2.45, 2.75) is 30.7 Å². The average Bonchev–Trinajstić information content (AvgIpc) is 3.25. The first-order valence-electron chi connectivity index (χ1n) is 11.4. The van der Waals surface area contributed by atoms with Crippen LogP contribution in [0.2, 0.25) is 10.0 Å². The predicted molar refractivity (Wildman–Crippen MR) is 136 cm³/mol. The molecular weight excluding hydrogens is 491 g/mol. The lowest BCUT2D eigenvalue weighted by molar-refractivity contribution is -0.116. The molecule has 0 spiro atoms. The van der Waals surface area contributed by atoms with Gasteiger partial charge in [-0.15, -0.1) is 0 Å². The summed E-state index contributed by atoms with van der Waals surface area (Å²) in [6.07, 6.45) is 7.56. The summed E-state index contributed by atoms with van der Waals surface area (Å²) in [6, 6.07) is 10.9. The van der Waals surface area contributed by atoms with E-state index in [-0.39, 0.29) is 11.8 Å². The highest BCUT2D eigenvalue weighted by Crippen LogP contribution is 2.34. The summed E-state index contributed by atoms with van der Waals surface area (Å²) in [4.78, 5) is 32.4. The molecule has 1 aromatic carbocycles. The number of rotatable bonds is 6. The summed E-state index contributed by atoms with van der Waals surface area (Å²) in [6.45, 7) is 2.09. The fraction of sp³-hybridized carbons (Fsp3) is 0.320. The van der Waals surface area contributed by atoms with Crippen LogP contribution < -0.4 is 5.32 Å². The molecule has 9 heteroatoms. The SMILES string of the molecule is O=C(NCCCC1CCN(C(=O)c2cc(Cl)cc(Cl)c2)CC1)C1=Cc2cnc3cccc(n23)S1. The van der Waals surface area contributed by atoms with Crippen molar-refractivity contribution in [3.05, 3.63) is 68.8 Å². The van der Waals surface area contributed by atoms with Crippen LogP contribution >= 0.6 is 35.0 Å². The van der Waals surface area contributed by atoms with E-state index >= 15 is 0 Å². The maximum absolute atomic E-state index is 12.8. The van der Waals surface area contributed by atoms with Crippen LogP contribution in [-0.2, 0) is 4.79 Å². The lowest BCUT2D eigenvalue weighted by Crippen LogP contribution is -2.38. The van der Waals surface area contributed by atoms with Gasteiger partial charge in [0.05, 0.1) is 21.8 Å². The topological polar surface area (TPSA) is 66.7 Å². The molecule has 0 bridgehead atoms. The van der Waals surface area contributed by atoms with Gasteiger partial charge in [0, 0.05) is 35.2 Å². The van der Waals surface area contributed by atoms with Gasteiger partial charge in [-0.2, -0.15) is 0 Å². The Balaban J connectivity index is 1.06. The minimum absolute atomic E-state index is 0.0228. The monoisotopic (exact) mass is 514 g/mol. The van der Waals surface area contributed by atoms with Crippen LogP contribution in [0.4, 0.5) is 0 Å². The normalized spacial score (nSPS) is 15.9. The fourth-order valence-electron chi connectivity index (χ4n) is 4.56. The summed E-state index contributed by atoms with van der Waals surface area (Å²) >= 11 is 13.5. The highest BCUT2D eigenvalue weighted by Gasteiger charge is 2.24. The first-order chi connectivity index (χ1) is 16.5. The molecule has 34 heavy (non-hydrogen) atoms. The molecule has 1 N–H and O–H groups in total. The number of hydrogen-bond donors (Lipinski definition) is 1. The Morgan fingerprint density at radius 2 is 1.88 bits per heavy atom. The summed E-state index contributed by atoms with van der Waals surface area (Å²) in [7, 11) is 0. The second-order valence-corrected chi connectivity index (χ2v) is 10.6.